The summed E-state index contributed by atoms with van der Waals surface area (Å²) in [4.78, 5) is 19.3. The van der Waals surface area contributed by atoms with Gasteiger partial charge in [0.05, 0.1) is 22.3 Å². The Balaban J connectivity index is 1.80. The molecule has 0 radical (unpaired) electrons. The molecule has 0 aliphatic carbocycles. The van der Waals surface area contributed by atoms with E-state index in [1.807, 2.05) is 37.3 Å². The maximum Gasteiger partial charge on any atom is 0.226 e. The zero-order valence-corrected chi connectivity index (χ0v) is 17.5. The van der Waals surface area contributed by atoms with Crippen LogP contribution < -0.4 is 0 Å². The first kappa shape index (κ1) is 21.3. The van der Waals surface area contributed by atoms with E-state index in [1.54, 1.807) is 29.3 Å². The Labute approximate surface area is 180 Å². The van der Waals surface area contributed by atoms with Crippen LogP contribution in [-0.4, -0.2) is 15.8 Å². The minimum Gasteiger partial charge on any atom is -0.332 e. The Hall–Kier alpha value is -2.43. The number of benzene rings is 2. The number of rotatable bonds is 7. The van der Waals surface area contributed by atoms with Gasteiger partial charge in [0, 0.05) is 18.7 Å². The predicted molar refractivity (Wildman–Crippen MR) is 114 cm³/mol. The summed E-state index contributed by atoms with van der Waals surface area (Å²) in [5.41, 5.74) is 2.46. The van der Waals surface area contributed by atoms with Crippen LogP contribution in [0.2, 0.25) is 10.0 Å². The Kier molecular flexibility index (Phi) is 7.24. The van der Waals surface area contributed by atoms with Crippen LogP contribution in [0.5, 0.6) is 0 Å². The monoisotopic (exact) mass is 430 g/mol. The fraction of sp³-hybridized carbons (Fsp3) is 0.217. The largest absolute Gasteiger partial charge is 0.332 e. The van der Waals surface area contributed by atoms with Crippen LogP contribution >= 0.6 is 23.2 Å². The summed E-state index contributed by atoms with van der Waals surface area (Å²) in [7, 11) is 0. The first-order valence-electron chi connectivity index (χ1n) is 9.29. The Bertz CT molecular complexity index is 982. The molecule has 0 aliphatic heterocycles. The van der Waals surface area contributed by atoms with Gasteiger partial charge in [0.15, 0.2) is 0 Å². The number of aromatic nitrogens is 1. The predicted octanol–water partition coefficient (Wildman–Crippen LogP) is 5.94. The van der Waals surface area contributed by atoms with Gasteiger partial charge in [-0.3, -0.25) is 9.78 Å². The highest BCUT2D eigenvalue weighted by atomic mass is 35.5. The summed E-state index contributed by atoms with van der Waals surface area (Å²) in [6, 6.07) is 17.3. The highest BCUT2D eigenvalue weighted by molar-refractivity contribution is 6.42. The van der Waals surface area contributed by atoms with Gasteiger partial charge >= 0.3 is 0 Å². The third-order valence-electron chi connectivity index (χ3n) is 4.60. The van der Waals surface area contributed by atoms with Crippen molar-refractivity contribution in [1.29, 1.82) is 0 Å². The zero-order valence-electron chi connectivity index (χ0n) is 16.0. The standard InChI is InChI=1S/C23H21Cl2FN2O/c1-16(11-17-5-4-6-19(26)12-17)23(29)28(15-20-7-2-3-10-27-20)14-18-8-9-21(24)22(25)13-18/h2-10,12-13,16H,11,14-15H2,1H3. The smallest absolute Gasteiger partial charge is 0.226 e. The molecular weight excluding hydrogens is 410 g/mol. The van der Waals surface area contributed by atoms with Crippen LogP contribution in [0, 0.1) is 11.7 Å². The van der Waals surface area contributed by atoms with Crippen LogP contribution in [0.4, 0.5) is 4.39 Å². The molecule has 150 valence electrons. The maximum absolute atomic E-state index is 13.5. The number of hydrogen-bond donors (Lipinski definition) is 0. The van der Waals surface area contributed by atoms with Crippen molar-refractivity contribution in [3.63, 3.8) is 0 Å². The second-order valence-corrected chi connectivity index (χ2v) is 7.81. The third-order valence-corrected chi connectivity index (χ3v) is 5.34. The minimum atomic E-state index is -0.316. The molecule has 3 nitrogen and oxygen atoms in total. The molecule has 0 spiro atoms. The molecule has 2 aromatic carbocycles. The number of halogens is 3. The quantitative estimate of drug-likeness (QED) is 0.464. The second-order valence-electron chi connectivity index (χ2n) is 7.00. The van der Waals surface area contributed by atoms with Crippen LogP contribution in [0.15, 0.2) is 66.9 Å². The van der Waals surface area contributed by atoms with Crippen molar-refractivity contribution >= 4 is 29.1 Å². The normalized spacial score (nSPS) is 11.9. The lowest BCUT2D eigenvalue weighted by Gasteiger charge is -2.26. The minimum absolute atomic E-state index is 0.0361. The van der Waals surface area contributed by atoms with E-state index >= 15 is 0 Å². The number of carbonyl (C=O) groups excluding carboxylic acids is 1. The third kappa shape index (κ3) is 6.02. The molecule has 0 N–H and O–H groups in total. The van der Waals surface area contributed by atoms with Crippen LogP contribution in [0.25, 0.3) is 0 Å². The van der Waals surface area contributed by atoms with E-state index in [4.69, 9.17) is 23.2 Å². The molecule has 1 unspecified atom stereocenters. The fourth-order valence-corrected chi connectivity index (χ4v) is 3.49. The number of hydrogen-bond acceptors (Lipinski definition) is 2. The molecule has 1 atom stereocenters. The first-order chi connectivity index (χ1) is 13.9. The maximum atomic E-state index is 13.5. The van der Waals surface area contributed by atoms with E-state index in [0.717, 1.165) is 16.8 Å². The SMILES string of the molecule is CC(Cc1cccc(F)c1)C(=O)N(Cc1ccc(Cl)c(Cl)c1)Cc1ccccn1. The molecule has 1 amide bonds. The summed E-state index contributed by atoms with van der Waals surface area (Å²) in [5.74, 6) is -0.655. The molecule has 0 saturated heterocycles. The van der Waals surface area contributed by atoms with E-state index in [0.29, 0.717) is 29.6 Å². The van der Waals surface area contributed by atoms with Crippen molar-refractivity contribution in [1.82, 2.24) is 9.88 Å². The van der Waals surface area contributed by atoms with Crippen LogP contribution in [0.3, 0.4) is 0 Å². The topological polar surface area (TPSA) is 33.2 Å². The van der Waals surface area contributed by atoms with E-state index < -0.39 is 0 Å². The van der Waals surface area contributed by atoms with Gasteiger partial charge in [-0.25, -0.2) is 4.39 Å². The Morgan fingerprint density at radius 1 is 1.00 bits per heavy atom. The lowest BCUT2D eigenvalue weighted by atomic mass is 9.99. The number of carbonyl (C=O) groups is 1. The number of pyridine rings is 1. The molecule has 6 heteroatoms. The average molecular weight is 431 g/mol. The van der Waals surface area contributed by atoms with Crippen LogP contribution in [-0.2, 0) is 24.3 Å². The number of nitrogens with zero attached hydrogens (tertiary/aromatic N) is 2. The van der Waals surface area contributed by atoms with E-state index in [9.17, 15) is 9.18 Å². The highest BCUT2D eigenvalue weighted by Crippen LogP contribution is 2.24. The second kappa shape index (κ2) is 9.86. The van der Waals surface area contributed by atoms with Gasteiger partial charge < -0.3 is 4.90 Å². The van der Waals surface area contributed by atoms with Crippen LogP contribution in [0.1, 0.15) is 23.7 Å². The molecule has 3 rings (SSSR count). The van der Waals surface area contributed by atoms with Gasteiger partial charge in [-0.15, -0.1) is 0 Å². The molecule has 0 fully saturated rings. The molecule has 1 aromatic heterocycles. The van der Waals surface area contributed by atoms with Gasteiger partial charge in [-0.05, 0) is 53.9 Å². The van der Waals surface area contributed by atoms with Crippen molar-refractivity contribution in [2.75, 3.05) is 0 Å². The van der Waals surface area contributed by atoms with Gasteiger partial charge in [-0.2, -0.15) is 0 Å². The fourth-order valence-electron chi connectivity index (χ4n) is 3.17. The summed E-state index contributed by atoms with van der Waals surface area (Å²) in [6.45, 7) is 2.60. The summed E-state index contributed by atoms with van der Waals surface area (Å²) in [5, 5.41) is 0.916. The van der Waals surface area contributed by atoms with Gasteiger partial charge in [0.1, 0.15) is 5.82 Å². The average Bonchev–Trinajstić information content (AvgIpc) is 2.70. The van der Waals surface area contributed by atoms with Gasteiger partial charge in [0.2, 0.25) is 5.91 Å². The van der Waals surface area contributed by atoms with E-state index in [1.165, 1.54) is 12.1 Å². The highest BCUT2D eigenvalue weighted by Gasteiger charge is 2.22. The molecule has 29 heavy (non-hydrogen) atoms. The Morgan fingerprint density at radius 2 is 1.83 bits per heavy atom. The van der Waals surface area contributed by atoms with Gasteiger partial charge in [0.25, 0.3) is 0 Å². The van der Waals surface area contributed by atoms with Crippen molar-refractivity contribution in [2.45, 2.75) is 26.4 Å². The molecule has 0 bridgehead atoms. The van der Waals surface area contributed by atoms with Crippen molar-refractivity contribution in [2.24, 2.45) is 5.92 Å². The molecule has 1 heterocycles. The molecule has 3 aromatic rings. The Morgan fingerprint density at radius 3 is 2.52 bits per heavy atom. The zero-order chi connectivity index (χ0) is 20.8. The van der Waals surface area contributed by atoms with E-state index in [-0.39, 0.29) is 17.6 Å². The molecule has 0 aliphatic rings. The first-order valence-corrected chi connectivity index (χ1v) is 10.0. The summed E-state index contributed by atoms with van der Waals surface area (Å²) in [6.07, 6.45) is 2.16. The van der Waals surface area contributed by atoms with Crippen molar-refractivity contribution in [3.8, 4) is 0 Å². The number of amides is 1. The lowest BCUT2D eigenvalue weighted by Crippen LogP contribution is -2.35. The molecular formula is C23H21Cl2FN2O. The van der Waals surface area contributed by atoms with Crippen molar-refractivity contribution < 1.29 is 9.18 Å². The van der Waals surface area contributed by atoms with Crippen molar-refractivity contribution in [3.05, 3.63) is 99.5 Å². The molecule has 0 saturated carbocycles. The summed E-state index contributed by atoms with van der Waals surface area (Å²) >= 11 is 12.1. The summed E-state index contributed by atoms with van der Waals surface area (Å²) < 4.78 is 13.5. The lowest BCUT2D eigenvalue weighted by molar-refractivity contribution is -0.136. The van der Waals surface area contributed by atoms with E-state index in [2.05, 4.69) is 4.98 Å². The van der Waals surface area contributed by atoms with Gasteiger partial charge in [-0.1, -0.05) is 54.4 Å².